The monoisotopic (exact) mass is 297 g/mol. The Morgan fingerprint density at radius 3 is 2.59 bits per heavy atom. The lowest BCUT2D eigenvalue weighted by atomic mass is 9.88. The van der Waals surface area contributed by atoms with Crippen LogP contribution in [0.5, 0.6) is 0 Å². The maximum Gasteiger partial charge on any atom is 0.0178 e. The van der Waals surface area contributed by atoms with E-state index in [1.165, 1.54) is 18.4 Å². The van der Waals surface area contributed by atoms with Gasteiger partial charge in [0.2, 0.25) is 0 Å². The molecule has 0 saturated heterocycles. The second-order valence-electron chi connectivity index (χ2n) is 6.05. The van der Waals surface area contributed by atoms with Gasteiger partial charge in [-0.25, -0.2) is 0 Å². The summed E-state index contributed by atoms with van der Waals surface area (Å²) in [5, 5.41) is 0. The normalized spacial score (nSPS) is 13.7. The lowest BCUT2D eigenvalue weighted by molar-refractivity contribution is 0.352. The first-order valence-corrected chi connectivity index (χ1v) is 7.16. The van der Waals surface area contributed by atoms with Crippen molar-refractivity contribution < 1.29 is 0 Å². The zero-order valence-electron chi connectivity index (χ0n) is 11.2. The van der Waals surface area contributed by atoms with Gasteiger partial charge in [-0.15, -0.1) is 0 Å². The molecule has 1 nitrogen and oxygen atoms in total. The summed E-state index contributed by atoms with van der Waals surface area (Å²) in [6, 6.07) is 8.71. The molecule has 0 spiro atoms. The molecule has 0 bridgehead atoms. The van der Waals surface area contributed by atoms with E-state index in [4.69, 9.17) is 5.73 Å². The fourth-order valence-corrected chi connectivity index (χ4v) is 2.41. The number of hydrogen-bond donors (Lipinski definition) is 1. The molecule has 0 aliphatic heterocycles. The number of hydrogen-bond acceptors (Lipinski definition) is 1. The fourth-order valence-electron chi connectivity index (χ4n) is 1.96. The maximum atomic E-state index is 6.17. The van der Waals surface area contributed by atoms with Gasteiger partial charge in [-0.2, -0.15) is 0 Å². The molecule has 0 amide bonds. The van der Waals surface area contributed by atoms with Gasteiger partial charge in [-0.3, -0.25) is 0 Å². The van der Waals surface area contributed by atoms with Gasteiger partial charge in [0.25, 0.3) is 0 Å². The first-order chi connectivity index (χ1) is 7.87. The van der Waals surface area contributed by atoms with Crippen LogP contribution in [0.25, 0.3) is 0 Å². The molecular formula is C15H24BrN. The summed E-state index contributed by atoms with van der Waals surface area (Å²) in [6.07, 6.45) is 4.56. The third-order valence-corrected chi connectivity index (χ3v) is 3.38. The average molecular weight is 298 g/mol. The molecule has 1 aromatic carbocycles. The summed E-state index contributed by atoms with van der Waals surface area (Å²) in [6.45, 7) is 6.85. The molecule has 1 rings (SSSR count). The van der Waals surface area contributed by atoms with Crippen molar-refractivity contribution in [3.05, 3.63) is 34.3 Å². The molecule has 0 radical (unpaired) electrons. The molecule has 96 valence electrons. The number of nitrogens with two attached hydrogens (primary N) is 1. The minimum absolute atomic E-state index is 0.284. The van der Waals surface area contributed by atoms with Crippen molar-refractivity contribution in [3.63, 3.8) is 0 Å². The van der Waals surface area contributed by atoms with Crippen LogP contribution < -0.4 is 5.73 Å². The van der Waals surface area contributed by atoms with Crippen molar-refractivity contribution in [2.45, 2.75) is 52.5 Å². The first kappa shape index (κ1) is 14.7. The highest BCUT2D eigenvalue weighted by atomic mass is 79.9. The number of halogens is 1. The van der Waals surface area contributed by atoms with Crippen molar-refractivity contribution in [3.8, 4) is 0 Å². The van der Waals surface area contributed by atoms with Gasteiger partial charge in [0, 0.05) is 10.5 Å². The van der Waals surface area contributed by atoms with Crippen LogP contribution in [0.2, 0.25) is 0 Å². The van der Waals surface area contributed by atoms with Gasteiger partial charge >= 0.3 is 0 Å². The van der Waals surface area contributed by atoms with E-state index in [-0.39, 0.29) is 6.04 Å². The maximum absolute atomic E-state index is 6.17. The van der Waals surface area contributed by atoms with Crippen LogP contribution in [-0.4, -0.2) is 6.04 Å². The van der Waals surface area contributed by atoms with E-state index in [9.17, 15) is 0 Å². The molecular weight excluding hydrogens is 274 g/mol. The highest BCUT2D eigenvalue weighted by Crippen LogP contribution is 2.22. The molecule has 0 saturated carbocycles. The van der Waals surface area contributed by atoms with Crippen LogP contribution in [0, 0.1) is 5.41 Å². The van der Waals surface area contributed by atoms with E-state index in [0.717, 1.165) is 17.3 Å². The molecule has 0 heterocycles. The Balaban J connectivity index is 2.32. The van der Waals surface area contributed by atoms with Gasteiger partial charge in [0.15, 0.2) is 0 Å². The highest BCUT2D eigenvalue weighted by molar-refractivity contribution is 9.10. The van der Waals surface area contributed by atoms with E-state index < -0.39 is 0 Å². The van der Waals surface area contributed by atoms with Crippen LogP contribution >= 0.6 is 15.9 Å². The third-order valence-electron chi connectivity index (χ3n) is 2.89. The Labute approximate surface area is 114 Å². The molecule has 1 aromatic rings. The van der Waals surface area contributed by atoms with Crippen LogP contribution in [0.15, 0.2) is 28.7 Å². The Bertz CT molecular complexity index is 341. The zero-order valence-corrected chi connectivity index (χ0v) is 12.8. The largest absolute Gasteiger partial charge is 0.327 e. The van der Waals surface area contributed by atoms with Gasteiger partial charge in [0.05, 0.1) is 0 Å². The van der Waals surface area contributed by atoms with Crippen LogP contribution in [0.3, 0.4) is 0 Å². The lowest BCUT2D eigenvalue weighted by Crippen LogP contribution is -2.23. The summed E-state index contributed by atoms with van der Waals surface area (Å²) >= 11 is 3.49. The minimum atomic E-state index is 0.284. The average Bonchev–Trinajstić information content (AvgIpc) is 2.15. The summed E-state index contributed by atoms with van der Waals surface area (Å²) in [4.78, 5) is 0. The Morgan fingerprint density at radius 1 is 1.29 bits per heavy atom. The molecule has 17 heavy (non-hydrogen) atoms. The van der Waals surface area contributed by atoms with E-state index >= 15 is 0 Å². The van der Waals surface area contributed by atoms with Gasteiger partial charge in [0.1, 0.15) is 0 Å². The smallest absolute Gasteiger partial charge is 0.0178 e. The first-order valence-electron chi connectivity index (χ1n) is 6.37. The minimum Gasteiger partial charge on any atom is -0.327 e. The molecule has 0 aromatic heterocycles. The zero-order chi connectivity index (χ0) is 12.9. The van der Waals surface area contributed by atoms with Crippen molar-refractivity contribution in [2.24, 2.45) is 11.1 Å². The Morgan fingerprint density at radius 2 is 2.00 bits per heavy atom. The predicted molar refractivity (Wildman–Crippen MR) is 79.1 cm³/mol. The molecule has 0 aliphatic rings. The van der Waals surface area contributed by atoms with E-state index in [1.807, 2.05) is 0 Å². The topological polar surface area (TPSA) is 26.0 Å². The van der Waals surface area contributed by atoms with Crippen LogP contribution in [0.1, 0.15) is 45.6 Å². The molecule has 0 aliphatic carbocycles. The van der Waals surface area contributed by atoms with Crippen molar-refractivity contribution in [1.29, 1.82) is 0 Å². The quantitative estimate of drug-likeness (QED) is 0.849. The standard InChI is InChI=1S/C15H24BrN/c1-15(2,3)9-5-8-14(17)11-12-6-4-7-13(16)10-12/h4,6-7,10,14H,5,8-9,11,17H2,1-3H3. The van der Waals surface area contributed by atoms with Gasteiger partial charge in [-0.05, 0) is 42.4 Å². The summed E-state index contributed by atoms with van der Waals surface area (Å²) in [5.74, 6) is 0. The lowest BCUT2D eigenvalue weighted by Gasteiger charge is -2.19. The summed E-state index contributed by atoms with van der Waals surface area (Å²) in [5.41, 5.74) is 7.92. The molecule has 1 atom stereocenters. The predicted octanol–water partition coefficient (Wildman–Crippen LogP) is 4.54. The Hall–Kier alpha value is -0.340. The van der Waals surface area contributed by atoms with Crippen LogP contribution in [0.4, 0.5) is 0 Å². The van der Waals surface area contributed by atoms with E-state index in [0.29, 0.717) is 5.41 Å². The molecule has 1 unspecified atom stereocenters. The number of benzene rings is 1. The van der Waals surface area contributed by atoms with Gasteiger partial charge < -0.3 is 5.73 Å². The second-order valence-corrected chi connectivity index (χ2v) is 6.96. The van der Waals surface area contributed by atoms with Crippen LogP contribution in [-0.2, 0) is 6.42 Å². The molecule has 2 heteroatoms. The fraction of sp³-hybridized carbons (Fsp3) is 0.600. The SMILES string of the molecule is CC(C)(C)CCCC(N)Cc1cccc(Br)c1. The van der Waals surface area contributed by atoms with E-state index in [1.54, 1.807) is 0 Å². The Kier molecular flexibility index (Phi) is 5.68. The van der Waals surface area contributed by atoms with Crippen molar-refractivity contribution in [1.82, 2.24) is 0 Å². The van der Waals surface area contributed by atoms with Crippen molar-refractivity contribution in [2.75, 3.05) is 0 Å². The molecule has 0 fully saturated rings. The number of rotatable bonds is 5. The highest BCUT2D eigenvalue weighted by Gasteiger charge is 2.11. The van der Waals surface area contributed by atoms with Crippen molar-refractivity contribution >= 4 is 15.9 Å². The second kappa shape index (κ2) is 6.55. The van der Waals surface area contributed by atoms with E-state index in [2.05, 4.69) is 61.0 Å². The molecule has 2 N–H and O–H groups in total. The third kappa shape index (κ3) is 6.85. The summed E-state index contributed by atoms with van der Waals surface area (Å²) < 4.78 is 1.14. The van der Waals surface area contributed by atoms with Gasteiger partial charge in [-0.1, -0.05) is 55.3 Å². The summed E-state index contributed by atoms with van der Waals surface area (Å²) in [7, 11) is 0.